The monoisotopic (exact) mass is 303 g/mol. The van der Waals surface area contributed by atoms with Gasteiger partial charge in [-0.05, 0) is 30.8 Å². The molecule has 0 aliphatic carbocycles. The number of carbonyl (C=O) groups excluding carboxylic acids is 2. The first-order valence-corrected chi connectivity index (χ1v) is 6.10. The molecule has 8 heteroatoms. The molecule has 0 N–H and O–H groups in total. The summed E-state index contributed by atoms with van der Waals surface area (Å²) in [6, 6.07) is 3.78. The smallest absolute Gasteiger partial charge is 0.446 e. The molecule has 0 radical (unpaired) electrons. The zero-order chi connectivity index (χ0) is 15.3. The largest absolute Gasteiger partial charge is 0.462 e. The summed E-state index contributed by atoms with van der Waals surface area (Å²) >= 11 is -0.621. The van der Waals surface area contributed by atoms with Crippen LogP contribution in [0.25, 0.3) is 0 Å². The summed E-state index contributed by atoms with van der Waals surface area (Å²) in [6.07, 6.45) is 0.192. The zero-order valence-corrected chi connectivity index (χ0v) is 11.0. The van der Waals surface area contributed by atoms with Gasteiger partial charge in [-0.2, -0.15) is 18.4 Å². The highest BCUT2D eigenvalue weighted by Crippen LogP contribution is 2.41. The number of halogens is 3. The van der Waals surface area contributed by atoms with E-state index in [1.54, 1.807) is 6.07 Å². The first kappa shape index (κ1) is 16.0. The molecule has 0 atom stereocenters. The average Bonchev–Trinajstić information content (AvgIpc) is 2.36. The maximum Gasteiger partial charge on any atom is 0.446 e. The number of hydrogen-bond acceptors (Lipinski definition) is 5. The molecule has 0 aromatic heterocycles. The highest BCUT2D eigenvalue weighted by atomic mass is 32.2. The number of alkyl halides is 3. The SMILES string of the molecule is CCOC(=O)c1c(C#N)ccc(C=O)c1SC(F)(F)F. The van der Waals surface area contributed by atoms with Crippen molar-refractivity contribution < 1.29 is 27.5 Å². The van der Waals surface area contributed by atoms with Crippen LogP contribution in [0.4, 0.5) is 13.2 Å². The molecule has 0 heterocycles. The van der Waals surface area contributed by atoms with Crippen LogP contribution in [0, 0.1) is 11.3 Å². The van der Waals surface area contributed by atoms with Crippen molar-refractivity contribution in [2.75, 3.05) is 6.61 Å². The van der Waals surface area contributed by atoms with Gasteiger partial charge in [-0.3, -0.25) is 4.79 Å². The van der Waals surface area contributed by atoms with Gasteiger partial charge in [0, 0.05) is 10.5 Å². The van der Waals surface area contributed by atoms with Crippen molar-refractivity contribution in [3.8, 4) is 6.07 Å². The number of carbonyl (C=O) groups is 2. The van der Waals surface area contributed by atoms with E-state index in [0.29, 0.717) is 0 Å². The minimum Gasteiger partial charge on any atom is -0.462 e. The molecule has 1 aromatic carbocycles. The number of rotatable bonds is 4. The van der Waals surface area contributed by atoms with Gasteiger partial charge < -0.3 is 4.74 Å². The van der Waals surface area contributed by atoms with Crippen molar-refractivity contribution >= 4 is 24.0 Å². The third-order valence-electron chi connectivity index (χ3n) is 2.13. The summed E-state index contributed by atoms with van der Waals surface area (Å²) in [5.41, 5.74) is -5.84. The maximum absolute atomic E-state index is 12.5. The number of nitriles is 1. The Morgan fingerprint density at radius 3 is 2.60 bits per heavy atom. The molecular formula is C12H8F3NO3S. The van der Waals surface area contributed by atoms with Gasteiger partial charge in [0.2, 0.25) is 0 Å². The number of benzene rings is 1. The van der Waals surface area contributed by atoms with Gasteiger partial charge in [-0.25, -0.2) is 4.79 Å². The van der Waals surface area contributed by atoms with Crippen LogP contribution in [0.15, 0.2) is 17.0 Å². The van der Waals surface area contributed by atoms with Crippen molar-refractivity contribution in [2.45, 2.75) is 17.3 Å². The van der Waals surface area contributed by atoms with Gasteiger partial charge in [0.25, 0.3) is 0 Å². The summed E-state index contributed by atoms with van der Waals surface area (Å²) in [7, 11) is 0. The molecule has 0 aliphatic heterocycles. The molecule has 0 unspecified atom stereocenters. The van der Waals surface area contributed by atoms with Gasteiger partial charge in [0.05, 0.1) is 17.7 Å². The number of thioether (sulfide) groups is 1. The van der Waals surface area contributed by atoms with Crippen molar-refractivity contribution in [2.24, 2.45) is 0 Å². The number of hydrogen-bond donors (Lipinski definition) is 0. The molecule has 1 rings (SSSR count). The summed E-state index contributed by atoms with van der Waals surface area (Å²) in [5, 5.41) is 8.89. The Morgan fingerprint density at radius 2 is 2.15 bits per heavy atom. The van der Waals surface area contributed by atoms with E-state index in [-0.39, 0.29) is 24.0 Å². The molecule has 20 heavy (non-hydrogen) atoms. The lowest BCUT2D eigenvalue weighted by atomic mass is 10.1. The zero-order valence-electron chi connectivity index (χ0n) is 10.2. The average molecular weight is 303 g/mol. The Morgan fingerprint density at radius 1 is 1.50 bits per heavy atom. The first-order chi connectivity index (χ1) is 9.34. The summed E-state index contributed by atoms with van der Waals surface area (Å²) < 4.78 is 42.2. The summed E-state index contributed by atoms with van der Waals surface area (Å²) in [6.45, 7) is 1.41. The van der Waals surface area contributed by atoms with Gasteiger partial charge in [-0.1, -0.05) is 0 Å². The lowest BCUT2D eigenvalue weighted by Crippen LogP contribution is -2.12. The topological polar surface area (TPSA) is 67.2 Å². The minimum absolute atomic E-state index is 0.0643. The van der Waals surface area contributed by atoms with Gasteiger partial charge >= 0.3 is 11.5 Å². The lowest BCUT2D eigenvalue weighted by Gasteiger charge is -2.13. The molecular weight excluding hydrogens is 295 g/mol. The fraction of sp³-hybridized carbons (Fsp3) is 0.250. The van der Waals surface area contributed by atoms with E-state index in [4.69, 9.17) is 5.26 Å². The van der Waals surface area contributed by atoms with E-state index in [2.05, 4.69) is 4.74 Å². The van der Waals surface area contributed by atoms with Crippen molar-refractivity contribution in [3.05, 3.63) is 28.8 Å². The molecule has 0 amide bonds. The fourth-order valence-electron chi connectivity index (χ4n) is 1.42. The van der Waals surface area contributed by atoms with Crippen LogP contribution in [0.5, 0.6) is 0 Å². The van der Waals surface area contributed by atoms with E-state index < -0.39 is 33.7 Å². The second kappa shape index (κ2) is 6.43. The normalized spacial score (nSPS) is 10.8. The van der Waals surface area contributed by atoms with E-state index in [9.17, 15) is 22.8 Å². The second-order valence-corrected chi connectivity index (χ2v) is 4.48. The molecule has 0 saturated heterocycles. The second-order valence-electron chi connectivity index (χ2n) is 3.40. The molecule has 4 nitrogen and oxygen atoms in total. The number of nitrogens with zero attached hydrogens (tertiary/aromatic N) is 1. The van der Waals surface area contributed by atoms with Crippen LogP contribution in [0.1, 0.15) is 33.2 Å². The number of esters is 1. The van der Waals surface area contributed by atoms with E-state index in [1.807, 2.05) is 0 Å². The number of ether oxygens (including phenoxy) is 1. The van der Waals surface area contributed by atoms with Crippen LogP contribution in [-0.2, 0) is 4.74 Å². The van der Waals surface area contributed by atoms with Crippen LogP contribution in [0.2, 0.25) is 0 Å². The van der Waals surface area contributed by atoms with E-state index in [0.717, 1.165) is 12.1 Å². The Hall–Kier alpha value is -2.01. The summed E-state index contributed by atoms with van der Waals surface area (Å²) in [5.74, 6) is -1.07. The van der Waals surface area contributed by atoms with Gasteiger partial charge in [-0.15, -0.1) is 0 Å². The predicted molar refractivity (Wildman–Crippen MR) is 64.4 cm³/mol. The highest BCUT2D eigenvalue weighted by molar-refractivity contribution is 8.00. The standard InChI is InChI=1S/C12H8F3NO3S/c1-2-19-11(18)9-7(5-16)3-4-8(6-17)10(9)20-12(13,14)15/h3-4,6H,2H2,1H3. The molecule has 0 fully saturated rings. The Labute approximate surface area is 116 Å². The van der Waals surface area contributed by atoms with Gasteiger partial charge in [0.1, 0.15) is 6.07 Å². The maximum atomic E-state index is 12.5. The molecule has 106 valence electrons. The van der Waals surface area contributed by atoms with Crippen LogP contribution in [0.3, 0.4) is 0 Å². The summed E-state index contributed by atoms with van der Waals surface area (Å²) in [4.78, 5) is 21.9. The Kier molecular flexibility index (Phi) is 5.16. The molecule has 0 spiro atoms. The minimum atomic E-state index is -4.70. The van der Waals surface area contributed by atoms with Crippen LogP contribution in [-0.4, -0.2) is 24.4 Å². The van der Waals surface area contributed by atoms with E-state index in [1.165, 1.54) is 6.92 Å². The van der Waals surface area contributed by atoms with E-state index >= 15 is 0 Å². The highest BCUT2D eigenvalue weighted by Gasteiger charge is 2.34. The van der Waals surface area contributed by atoms with Crippen LogP contribution < -0.4 is 0 Å². The third kappa shape index (κ3) is 3.74. The molecule has 1 aromatic rings. The Bertz CT molecular complexity index is 579. The third-order valence-corrected chi connectivity index (χ3v) is 3.01. The van der Waals surface area contributed by atoms with Crippen molar-refractivity contribution in [1.82, 2.24) is 0 Å². The van der Waals surface area contributed by atoms with Crippen molar-refractivity contribution in [3.63, 3.8) is 0 Å². The lowest BCUT2D eigenvalue weighted by molar-refractivity contribution is -0.0328. The molecule has 0 aliphatic rings. The Balaban J connectivity index is 3.53. The fourth-order valence-corrected chi connectivity index (χ4v) is 2.18. The van der Waals surface area contributed by atoms with Crippen molar-refractivity contribution in [1.29, 1.82) is 5.26 Å². The first-order valence-electron chi connectivity index (χ1n) is 5.29. The van der Waals surface area contributed by atoms with Crippen LogP contribution >= 0.6 is 11.8 Å². The van der Waals surface area contributed by atoms with Gasteiger partial charge in [0.15, 0.2) is 6.29 Å². The molecule has 0 saturated carbocycles. The molecule has 0 bridgehead atoms. The predicted octanol–water partition coefficient (Wildman–Crippen LogP) is 3.16. The quantitative estimate of drug-likeness (QED) is 0.485. The number of aldehydes is 1.